The van der Waals surface area contributed by atoms with Gasteiger partial charge in [-0.05, 0) is 39.8 Å². The highest BCUT2D eigenvalue weighted by Crippen LogP contribution is 2.20. The normalized spacial score (nSPS) is 13.4. The molecule has 1 aliphatic rings. The number of hydrogen-bond acceptors (Lipinski definition) is 9. The summed E-state index contributed by atoms with van der Waals surface area (Å²) in [5.41, 5.74) is 2.79. The van der Waals surface area contributed by atoms with E-state index in [1.165, 1.54) is 0 Å². The summed E-state index contributed by atoms with van der Waals surface area (Å²) in [4.78, 5) is 75.4. The van der Waals surface area contributed by atoms with Crippen molar-refractivity contribution >= 4 is 46.6 Å². The summed E-state index contributed by atoms with van der Waals surface area (Å²) in [6.07, 6.45) is 2.67. The van der Waals surface area contributed by atoms with E-state index >= 15 is 0 Å². The average Bonchev–Trinajstić information content (AvgIpc) is 3.43. The van der Waals surface area contributed by atoms with Crippen LogP contribution in [-0.4, -0.2) is 125 Å². The number of para-hydroxylation sites is 2. The van der Waals surface area contributed by atoms with Gasteiger partial charge in [0.15, 0.2) is 5.78 Å². The van der Waals surface area contributed by atoms with Crippen LogP contribution < -0.4 is 0 Å². The second kappa shape index (κ2) is 21.5. The summed E-state index contributed by atoms with van der Waals surface area (Å²) in [7, 11) is 0. The minimum atomic E-state index is -1.26. The number of rotatable bonds is 14. The minimum Gasteiger partial charge on any atom is -0.478 e. The molecule has 1 aliphatic heterocycles. The number of benzene rings is 2. The molecule has 0 spiro atoms. The van der Waals surface area contributed by atoms with Crippen LogP contribution in [0.2, 0.25) is 0 Å². The van der Waals surface area contributed by atoms with Crippen molar-refractivity contribution in [2.24, 2.45) is 0 Å². The molecule has 3 aromatic rings. The number of carboxylic acid groups (broad SMARTS) is 4. The molecule has 1 aromatic heterocycles. The highest BCUT2D eigenvalue weighted by atomic mass is 16.4. The molecule has 2 aromatic carbocycles. The Morgan fingerprint density at radius 2 is 1.15 bits per heavy atom. The van der Waals surface area contributed by atoms with E-state index in [1.807, 2.05) is 53.4 Å². The molecular formula is C37H47N5O10. The van der Waals surface area contributed by atoms with Crippen LogP contribution in [0.15, 0.2) is 78.9 Å². The van der Waals surface area contributed by atoms with Gasteiger partial charge in [-0.25, -0.2) is 24.2 Å². The third-order valence-corrected chi connectivity index (χ3v) is 7.72. The maximum atomic E-state index is 12.9. The number of hydrogen-bond donors (Lipinski definition) is 4. The third-order valence-electron chi connectivity index (χ3n) is 7.72. The van der Waals surface area contributed by atoms with Gasteiger partial charge in [-0.15, -0.1) is 0 Å². The Morgan fingerprint density at radius 3 is 1.63 bits per heavy atom. The highest BCUT2D eigenvalue weighted by molar-refractivity contribution is 5.96. The molecule has 15 nitrogen and oxygen atoms in total. The first-order valence-electron chi connectivity index (χ1n) is 16.6. The molecule has 0 saturated carbocycles. The highest BCUT2D eigenvalue weighted by Gasteiger charge is 2.25. The van der Waals surface area contributed by atoms with E-state index in [4.69, 9.17) is 25.4 Å². The lowest BCUT2D eigenvalue weighted by atomic mass is 10.1. The number of piperazine rings is 1. The molecule has 0 atom stereocenters. The predicted octanol–water partition coefficient (Wildman–Crippen LogP) is 3.50. The summed E-state index contributed by atoms with van der Waals surface area (Å²) < 4.78 is 2.20. The molecule has 0 unspecified atom stereocenters. The lowest BCUT2D eigenvalue weighted by molar-refractivity contribution is -0.136. The number of fused-ring (bicyclic) bond motifs is 1. The maximum Gasteiger partial charge on any atom is 0.328 e. The van der Waals surface area contributed by atoms with Crippen LogP contribution in [0.3, 0.4) is 0 Å². The number of aliphatic carboxylic acids is 4. The number of Topliss-reactive ketones (excluding diaryl/α,β-unsaturated/α-hetero) is 1. The van der Waals surface area contributed by atoms with E-state index < -0.39 is 23.9 Å². The van der Waals surface area contributed by atoms with Crippen molar-refractivity contribution in [2.75, 3.05) is 32.7 Å². The van der Waals surface area contributed by atoms with Crippen molar-refractivity contribution in [3.63, 3.8) is 0 Å². The third kappa shape index (κ3) is 15.1. The number of carbonyl (C=O) groups is 6. The molecule has 0 bridgehead atoms. The van der Waals surface area contributed by atoms with Gasteiger partial charge in [0.25, 0.3) is 0 Å². The van der Waals surface area contributed by atoms with Crippen LogP contribution in [0.1, 0.15) is 50.3 Å². The molecule has 1 fully saturated rings. The van der Waals surface area contributed by atoms with Gasteiger partial charge in [-0.2, -0.15) is 0 Å². The van der Waals surface area contributed by atoms with Crippen molar-refractivity contribution < 1.29 is 49.2 Å². The number of imidazole rings is 1. The summed E-state index contributed by atoms with van der Waals surface area (Å²) >= 11 is 0. The first kappa shape index (κ1) is 42.5. The van der Waals surface area contributed by atoms with Gasteiger partial charge in [0.2, 0.25) is 5.91 Å². The fraction of sp³-hybridized carbons (Fsp3) is 0.378. The van der Waals surface area contributed by atoms with Crippen LogP contribution in [-0.2, 0) is 37.1 Å². The molecule has 280 valence electrons. The summed E-state index contributed by atoms with van der Waals surface area (Å²) in [6.45, 7) is 13.6. The molecule has 0 radical (unpaired) electrons. The van der Waals surface area contributed by atoms with Crippen LogP contribution in [0.5, 0.6) is 0 Å². The largest absolute Gasteiger partial charge is 0.478 e. The fourth-order valence-corrected chi connectivity index (χ4v) is 5.51. The Balaban J connectivity index is 0.000000487. The van der Waals surface area contributed by atoms with Gasteiger partial charge in [0, 0.05) is 81.1 Å². The van der Waals surface area contributed by atoms with Crippen molar-refractivity contribution in [2.45, 2.75) is 59.3 Å². The zero-order valence-corrected chi connectivity index (χ0v) is 29.8. The lowest BCUT2D eigenvalue weighted by Gasteiger charge is -2.37. The Kier molecular flexibility index (Phi) is 17.6. The fourth-order valence-electron chi connectivity index (χ4n) is 5.51. The summed E-state index contributed by atoms with van der Waals surface area (Å²) in [5.74, 6) is -3.68. The number of carbonyl (C=O) groups excluding carboxylic acids is 2. The number of aryl methyl sites for hydroxylation is 1. The van der Waals surface area contributed by atoms with E-state index in [-0.39, 0.29) is 23.8 Å². The van der Waals surface area contributed by atoms with Gasteiger partial charge in [-0.3, -0.25) is 19.4 Å². The molecule has 52 heavy (non-hydrogen) atoms. The Bertz CT molecular complexity index is 1650. The van der Waals surface area contributed by atoms with Crippen LogP contribution in [0.4, 0.5) is 0 Å². The Labute approximate surface area is 302 Å². The predicted molar refractivity (Wildman–Crippen MR) is 193 cm³/mol. The average molecular weight is 722 g/mol. The monoisotopic (exact) mass is 721 g/mol. The zero-order chi connectivity index (χ0) is 38.8. The maximum absolute atomic E-state index is 12.9. The quantitative estimate of drug-likeness (QED) is 0.139. The van der Waals surface area contributed by atoms with Crippen LogP contribution in [0.25, 0.3) is 11.0 Å². The molecule has 0 aliphatic carbocycles. The van der Waals surface area contributed by atoms with Gasteiger partial charge >= 0.3 is 23.9 Å². The second-order valence-corrected chi connectivity index (χ2v) is 12.3. The van der Waals surface area contributed by atoms with Gasteiger partial charge in [0.1, 0.15) is 5.82 Å². The Morgan fingerprint density at radius 1 is 0.692 bits per heavy atom. The van der Waals surface area contributed by atoms with Crippen molar-refractivity contribution in [1.82, 2.24) is 24.3 Å². The van der Waals surface area contributed by atoms with Gasteiger partial charge < -0.3 is 29.9 Å². The van der Waals surface area contributed by atoms with Crippen LogP contribution in [0, 0.1) is 0 Å². The van der Waals surface area contributed by atoms with E-state index in [1.54, 1.807) is 0 Å². The van der Waals surface area contributed by atoms with Crippen LogP contribution >= 0.6 is 0 Å². The van der Waals surface area contributed by atoms with E-state index in [2.05, 4.69) is 48.1 Å². The number of ketones is 1. The first-order valence-corrected chi connectivity index (χ1v) is 16.6. The van der Waals surface area contributed by atoms with Gasteiger partial charge in [0.05, 0.1) is 24.1 Å². The van der Waals surface area contributed by atoms with E-state index in [9.17, 15) is 28.8 Å². The second-order valence-electron chi connectivity index (χ2n) is 12.3. The topological polar surface area (TPSA) is 211 Å². The van der Waals surface area contributed by atoms with Crippen molar-refractivity contribution in [3.8, 4) is 0 Å². The molecule has 1 saturated heterocycles. The van der Waals surface area contributed by atoms with Crippen molar-refractivity contribution in [3.05, 3.63) is 90.3 Å². The van der Waals surface area contributed by atoms with E-state index in [0.29, 0.717) is 43.8 Å². The molecular weight excluding hydrogens is 674 g/mol. The molecule has 4 N–H and O–H groups in total. The first-order chi connectivity index (χ1) is 24.6. The lowest BCUT2D eigenvalue weighted by Crippen LogP contribution is -2.52. The smallest absolute Gasteiger partial charge is 0.328 e. The number of aromatic nitrogens is 2. The molecule has 15 heteroatoms. The van der Waals surface area contributed by atoms with Crippen molar-refractivity contribution in [1.29, 1.82) is 0 Å². The number of nitrogens with zero attached hydrogens (tertiary/aromatic N) is 5. The SMILES string of the molecule is CC(C)N(C(=O)CN1CCN(Cc2nc3ccccc3n2CCC(=O)c2ccccc2)CC1)C(C)C.O=C(O)/C=C/C(=O)O.O=C(O)/C=C/C(=O)O. The zero-order valence-electron chi connectivity index (χ0n) is 29.8. The molecule has 2 heterocycles. The number of carboxylic acids is 4. The molecule has 1 amide bonds. The summed E-state index contributed by atoms with van der Waals surface area (Å²) in [5, 5.41) is 31.2. The standard InChI is InChI=1S/C29H39N5O2.2C4H4O4/c1-22(2)34(23(3)4)29(36)21-32-18-16-31(17-19-32)20-28-30-25-12-8-9-13-26(25)33(28)15-14-27(35)24-10-6-5-7-11-24;2*5-3(6)1-2-4(7)8/h5-13,22-23H,14-21H2,1-4H3;2*1-2H,(H,5,6)(H,7,8)/b;2*2-1+. The molecule has 4 rings (SSSR count). The van der Waals surface area contributed by atoms with E-state index in [0.717, 1.165) is 55.1 Å². The minimum absolute atomic E-state index is 0.148. The summed E-state index contributed by atoms with van der Waals surface area (Å²) in [6, 6.07) is 18.1. The Hall–Kier alpha value is -5.67. The van der Waals surface area contributed by atoms with Gasteiger partial charge in [-0.1, -0.05) is 42.5 Å². The number of amides is 1.